The van der Waals surface area contributed by atoms with Crippen molar-refractivity contribution in [2.24, 2.45) is 0 Å². The monoisotopic (exact) mass is 394 g/mol. The van der Waals surface area contributed by atoms with E-state index < -0.39 is 0 Å². The molecule has 142 valence electrons. The van der Waals surface area contributed by atoms with Gasteiger partial charge in [-0.15, -0.1) is 11.3 Å². The van der Waals surface area contributed by atoms with E-state index in [9.17, 15) is 0 Å². The number of fused-ring (bicyclic) bond motifs is 3. The molecule has 0 unspecified atom stereocenters. The SMILES string of the molecule is CSc1nc(NCCN2CCOCC2)c2sc3c(c2n1)COC(C)(C)C3. The Morgan fingerprint density at radius 3 is 2.85 bits per heavy atom. The van der Waals surface area contributed by atoms with Crippen LogP contribution in [0.3, 0.4) is 0 Å². The summed E-state index contributed by atoms with van der Waals surface area (Å²) in [5.74, 6) is 0.963. The molecule has 8 heteroatoms. The lowest BCUT2D eigenvalue weighted by atomic mass is 9.98. The van der Waals surface area contributed by atoms with Crippen LogP contribution in [-0.4, -0.2) is 66.1 Å². The van der Waals surface area contributed by atoms with Gasteiger partial charge in [0.25, 0.3) is 0 Å². The van der Waals surface area contributed by atoms with Gasteiger partial charge in [0.05, 0.1) is 35.6 Å². The third kappa shape index (κ3) is 3.84. The number of hydrogen-bond donors (Lipinski definition) is 1. The molecule has 0 atom stereocenters. The molecule has 4 rings (SSSR count). The topological polar surface area (TPSA) is 59.5 Å². The van der Waals surface area contributed by atoms with E-state index in [1.54, 1.807) is 11.8 Å². The molecule has 6 nitrogen and oxygen atoms in total. The fourth-order valence-corrected chi connectivity index (χ4v) is 5.20. The molecule has 0 amide bonds. The van der Waals surface area contributed by atoms with E-state index in [1.165, 1.54) is 10.4 Å². The Kier molecular flexibility index (Phi) is 5.38. The zero-order valence-corrected chi connectivity index (χ0v) is 17.3. The van der Waals surface area contributed by atoms with Crippen LogP contribution < -0.4 is 5.32 Å². The number of thiophene rings is 1. The van der Waals surface area contributed by atoms with Crippen molar-refractivity contribution in [2.75, 3.05) is 51.0 Å². The average molecular weight is 395 g/mol. The molecule has 4 heterocycles. The first kappa shape index (κ1) is 18.4. The van der Waals surface area contributed by atoms with Crippen molar-refractivity contribution < 1.29 is 9.47 Å². The second-order valence-electron chi connectivity index (χ2n) is 7.35. The number of nitrogens with zero attached hydrogens (tertiary/aromatic N) is 3. The summed E-state index contributed by atoms with van der Waals surface area (Å²) in [6, 6.07) is 0. The average Bonchev–Trinajstić information content (AvgIpc) is 2.98. The molecule has 0 aromatic carbocycles. The highest BCUT2D eigenvalue weighted by Crippen LogP contribution is 2.41. The van der Waals surface area contributed by atoms with E-state index in [4.69, 9.17) is 19.4 Å². The van der Waals surface area contributed by atoms with E-state index in [0.29, 0.717) is 6.61 Å². The molecule has 26 heavy (non-hydrogen) atoms. The lowest BCUT2D eigenvalue weighted by molar-refractivity contribution is -0.0383. The van der Waals surface area contributed by atoms with Crippen LogP contribution in [0.2, 0.25) is 0 Å². The Balaban J connectivity index is 1.58. The largest absolute Gasteiger partial charge is 0.379 e. The highest BCUT2D eigenvalue weighted by molar-refractivity contribution is 7.98. The lowest BCUT2D eigenvalue weighted by Gasteiger charge is -2.29. The molecule has 1 N–H and O–H groups in total. The summed E-state index contributed by atoms with van der Waals surface area (Å²) < 4.78 is 12.6. The standard InChI is InChI=1S/C18H26N4O2S2/c1-18(2)10-13-12(11-24-18)14-15(26-13)16(21-17(20-14)25-3)19-4-5-22-6-8-23-9-7-22/h4-11H2,1-3H3,(H,19,20,21). The van der Waals surface area contributed by atoms with Crippen LogP contribution >= 0.6 is 23.1 Å². The van der Waals surface area contributed by atoms with Gasteiger partial charge < -0.3 is 14.8 Å². The Morgan fingerprint density at radius 2 is 2.08 bits per heavy atom. The van der Waals surface area contributed by atoms with E-state index in [1.807, 2.05) is 17.6 Å². The van der Waals surface area contributed by atoms with Gasteiger partial charge >= 0.3 is 0 Å². The Labute approximate surface area is 162 Å². The van der Waals surface area contributed by atoms with Gasteiger partial charge in [-0.25, -0.2) is 9.97 Å². The van der Waals surface area contributed by atoms with Crippen LogP contribution in [-0.2, 0) is 22.5 Å². The zero-order chi connectivity index (χ0) is 18.1. The number of morpholine rings is 1. The number of anilines is 1. The van der Waals surface area contributed by atoms with E-state index in [0.717, 1.165) is 67.0 Å². The number of thioether (sulfide) groups is 1. The highest BCUT2D eigenvalue weighted by Gasteiger charge is 2.30. The number of rotatable bonds is 5. The van der Waals surface area contributed by atoms with Crippen molar-refractivity contribution in [3.8, 4) is 0 Å². The minimum atomic E-state index is -0.104. The molecule has 2 aromatic rings. The van der Waals surface area contributed by atoms with Crippen molar-refractivity contribution in [3.05, 3.63) is 10.4 Å². The minimum Gasteiger partial charge on any atom is -0.379 e. The van der Waals surface area contributed by atoms with Crippen LogP contribution in [0.25, 0.3) is 10.2 Å². The number of aromatic nitrogens is 2. The Morgan fingerprint density at radius 1 is 1.27 bits per heavy atom. The predicted octanol–water partition coefficient (Wildman–Crippen LogP) is 3.01. The second kappa shape index (κ2) is 7.59. The molecule has 0 saturated carbocycles. The first-order valence-corrected chi connectivity index (χ1v) is 11.1. The summed E-state index contributed by atoms with van der Waals surface area (Å²) in [6.07, 6.45) is 2.96. The van der Waals surface area contributed by atoms with Crippen LogP contribution in [0.1, 0.15) is 24.3 Å². The number of nitrogens with one attached hydrogen (secondary N) is 1. The minimum absolute atomic E-state index is 0.104. The van der Waals surface area contributed by atoms with Gasteiger partial charge in [-0.3, -0.25) is 4.90 Å². The summed E-state index contributed by atoms with van der Waals surface area (Å²) in [7, 11) is 0. The molecule has 2 aliphatic rings. The third-order valence-corrected chi connectivity index (χ3v) is 6.67. The fraction of sp³-hybridized carbons (Fsp3) is 0.667. The number of hydrogen-bond acceptors (Lipinski definition) is 8. The van der Waals surface area contributed by atoms with Gasteiger partial charge in [-0.2, -0.15) is 0 Å². The molecule has 2 aromatic heterocycles. The number of ether oxygens (including phenoxy) is 2. The molecule has 1 saturated heterocycles. The molecule has 1 fully saturated rings. The van der Waals surface area contributed by atoms with Crippen LogP contribution in [0, 0.1) is 0 Å². The first-order valence-electron chi connectivity index (χ1n) is 9.10. The zero-order valence-electron chi connectivity index (χ0n) is 15.6. The van der Waals surface area contributed by atoms with Gasteiger partial charge in [0.2, 0.25) is 0 Å². The summed E-state index contributed by atoms with van der Waals surface area (Å²) >= 11 is 3.41. The van der Waals surface area contributed by atoms with Crippen molar-refractivity contribution in [1.82, 2.24) is 14.9 Å². The maximum absolute atomic E-state index is 6.03. The second-order valence-corrected chi connectivity index (χ2v) is 9.22. The Hall–Kier alpha value is -0.930. The van der Waals surface area contributed by atoms with Gasteiger partial charge in [-0.1, -0.05) is 11.8 Å². The van der Waals surface area contributed by atoms with Crippen molar-refractivity contribution in [1.29, 1.82) is 0 Å². The van der Waals surface area contributed by atoms with E-state index >= 15 is 0 Å². The highest BCUT2D eigenvalue weighted by atomic mass is 32.2. The third-order valence-electron chi connectivity index (χ3n) is 4.89. The molecule has 2 aliphatic heterocycles. The fourth-order valence-electron chi connectivity index (χ4n) is 3.41. The van der Waals surface area contributed by atoms with Crippen LogP contribution in [0.5, 0.6) is 0 Å². The van der Waals surface area contributed by atoms with E-state index in [2.05, 4.69) is 24.1 Å². The molecule has 0 spiro atoms. The maximum atomic E-state index is 6.03. The van der Waals surface area contributed by atoms with Crippen molar-refractivity contribution in [3.63, 3.8) is 0 Å². The van der Waals surface area contributed by atoms with Crippen LogP contribution in [0.15, 0.2) is 5.16 Å². The summed E-state index contributed by atoms with van der Waals surface area (Å²) in [5, 5.41) is 4.38. The van der Waals surface area contributed by atoms with Gasteiger partial charge in [0, 0.05) is 43.0 Å². The van der Waals surface area contributed by atoms with E-state index in [-0.39, 0.29) is 5.60 Å². The predicted molar refractivity (Wildman–Crippen MR) is 108 cm³/mol. The summed E-state index contributed by atoms with van der Waals surface area (Å²) in [4.78, 5) is 13.4. The summed E-state index contributed by atoms with van der Waals surface area (Å²) in [6.45, 7) is 10.5. The quantitative estimate of drug-likeness (QED) is 0.618. The molecule has 0 bridgehead atoms. The molecule has 0 radical (unpaired) electrons. The normalized spacial score (nSPS) is 20.3. The van der Waals surface area contributed by atoms with Crippen molar-refractivity contribution >= 4 is 39.1 Å². The molecular weight excluding hydrogens is 368 g/mol. The maximum Gasteiger partial charge on any atom is 0.189 e. The summed E-state index contributed by atoms with van der Waals surface area (Å²) in [5.41, 5.74) is 2.21. The van der Waals surface area contributed by atoms with Gasteiger partial charge in [0.15, 0.2) is 5.16 Å². The van der Waals surface area contributed by atoms with Crippen molar-refractivity contribution in [2.45, 2.75) is 37.6 Å². The Bertz CT molecular complexity index is 787. The first-order chi connectivity index (χ1) is 12.6. The lowest BCUT2D eigenvalue weighted by Crippen LogP contribution is -2.39. The molecule has 0 aliphatic carbocycles. The molecular formula is C18H26N4O2S2. The van der Waals surface area contributed by atoms with Gasteiger partial charge in [0.1, 0.15) is 5.82 Å². The smallest absolute Gasteiger partial charge is 0.189 e. The van der Waals surface area contributed by atoms with Crippen LogP contribution in [0.4, 0.5) is 5.82 Å². The van der Waals surface area contributed by atoms with Gasteiger partial charge in [-0.05, 0) is 20.1 Å².